The van der Waals surface area contributed by atoms with Gasteiger partial charge in [-0.1, -0.05) is 133 Å². The molecule has 0 saturated carbocycles. The van der Waals surface area contributed by atoms with Crippen LogP contribution in [0.2, 0.25) is 0 Å². The number of fused-ring (bicyclic) bond motifs is 8. The monoisotopic (exact) mass is 702 g/mol. The minimum Gasteiger partial charge on any atom is -0.456 e. The summed E-state index contributed by atoms with van der Waals surface area (Å²) in [5.74, 6) is 0. The van der Waals surface area contributed by atoms with E-state index >= 15 is 0 Å². The maximum absolute atomic E-state index is 6.18. The molecule has 0 bridgehead atoms. The highest BCUT2D eigenvalue weighted by atomic mass is 16.3. The number of anilines is 3. The van der Waals surface area contributed by atoms with E-state index in [0.717, 1.165) is 39.3 Å². The number of rotatable bonds is 6. The fraction of sp³-hybridized carbons (Fsp3) is 0. The molecule has 0 amide bonds. The lowest BCUT2D eigenvalue weighted by Gasteiger charge is -2.27. The van der Waals surface area contributed by atoms with Crippen LogP contribution in [-0.4, -0.2) is 4.57 Å². The fourth-order valence-electron chi connectivity index (χ4n) is 8.46. The molecule has 0 unspecified atom stereocenters. The molecule has 0 aliphatic carbocycles. The molecule has 0 atom stereocenters. The van der Waals surface area contributed by atoms with Crippen molar-refractivity contribution in [1.29, 1.82) is 0 Å². The minimum absolute atomic E-state index is 0.920. The molecule has 3 heteroatoms. The molecule has 55 heavy (non-hydrogen) atoms. The quantitative estimate of drug-likeness (QED) is 0.172. The van der Waals surface area contributed by atoms with E-state index < -0.39 is 0 Å². The zero-order valence-corrected chi connectivity index (χ0v) is 29.9. The molecule has 0 fully saturated rings. The average Bonchev–Trinajstić information content (AvgIpc) is 3.81. The maximum atomic E-state index is 6.18. The normalized spacial score (nSPS) is 11.6. The molecule has 0 aliphatic rings. The van der Waals surface area contributed by atoms with Crippen molar-refractivity contribution in [2.75, 3.05) is 4.90 Å². The molecule has 0 spiro atoms. The van der Waals surface area contributed by atoms with Crippen LogP contribution in [0.1, 0.15) is 0 Å². The van der Waals surface area contributed by atoms with Gasteiger partial charge in [-0.25, -0.2) is 0 Å². The Hall–Kier alpha value is -7.36. The lowest BCUT2D eigenvalue weighted by atomic mass is 9.98. The summed E-state index contributed by atoms with van der Waals surface area (Å²) in [6.45, 7) is 0. The molecule has 9 aromatic carbocycles. The van der Waals surface area contributed by atoms with Crippen LogP contribution in [0.3, 0.4) is 0 Å². The molecular weight excluding hydrogens is 669 g/mol. The van der Waals surface area contributed by atoms with Crippen LogP contribution in [-0.2, 0) is 0 Å². The lowest BCUT2D eigenvalue weighted by Crippen LogP contribution is -2.10. The molecule has 11 aromatic rings. The Labute approximate surface area is 318 Å². The summed E-state index contributed by atoms with van der Waals surface area (Å²) in [7, 11) is 0. The molecule has 0 saturated heterocycles. The Morgan fingerprint density at radius 1 is 0.364 bits per heavy atom. The first-order chi connectivity index (χ1) is 27.3. The van der Waals surface area contributed by atoms with Gasteiger partial charge in [0.2, 0.25) is 0 Å². The number of para-hydroxylation sites is 3. The lowest BCUT2D eigenvalue weighted by molar-refractivity contribution is 0.669. The zero-order chi connectivity index (χ0) is 36.3. The van der Waals surface area contributed by atoms with Gasteiger partial charge in [-0.15, -0.1) is 0 Å². The largest absolute Gasteiger partial charge is 0.456 e. The van der Waals surface area contributed by atoms with E-state index in [9.17, 15) is 0 Å². The molecule has 0 radical (unpaired) electrons. The Morgan fingerprint density at radius 3 is 1.87 bits per heavy atom. The van der Waals surface area contributed by atoms with Crippen molar-refractivity contribution < 1.29 is 4.42 Å². The molecule has 2 heterocycles. The van der Waals surface area contributed by atoms with Gasteiger partial charge in [0.25, 0.3) is 0 Å². The van der Waals surface area contributed by atoms with Crippen LogP contribution in [0.15, 0.2) is 211 Å². The van der Waals surface area contributed by atoms with E-state index in [1.165, 1.54) is 60.2 Å². The second-order valence-corrected chi connectivity index (χ2v) is 14.1. The first-order valence-electron chi connectivity index (χ1n) is 18.8. The second kappa shape index (κ2) is 12.6. The Balaban J connectivity index is 1.08. The summed E-state index contributed by atoms with van der Waals surface area (Å²) in [5.41, 5.74) is 13.4. The third-order valence-corrected chi connectivity index (χ3v) is 11.0. The molecule has 0 aliphatic heterocycles. The van der Waals surface area contributed by atoms with Crippen molar-refractivity contribution >= 4 is 71.6 Å². The smallest absolute Gasteiger partial charge is 0.136 e. The van der Waals surface area contributed by atoms with Crippen molar-refractivity contribution in [3.63, 3.8) is 0 Å². The number of hydrogen-bond donors (Lipinski definition) is 0. The number of benzene rings is 9. The van der Waals surface area contributed by atoms with E-state index in [4.69, 9.17) is 4.42 Å². The van der Waals surface area contributed by atoms with E-state index in [2.05, 4.69) is 204 Å². The van der Waals surface area contributed by atoms with Gasteiger partial charge in [-0.3, -0.25) is 0 Å². The van der Waals surface area contributed by atoms with E-state index in [0.29, 0.717) is 0 Å². The van der Waals surface area contributed by atoms with Crippen LogP contribution in [0.25, 0.3) is 82.5 Å². The predicted molar refractivity (Wildman–Crippen MR) is 231 cm³/mol. The summed E-state index contributed by atoms with van der Waals surface area (Å²) in [6, 6.07) is 74.0. The van der Waals surface area contributed by atoms with Crippen LogP contribution in [0.4, 0.5) is 17.1 Å². The van der Waals surface area contributed by atoms with Gasteiger partial charge in [-0.05, 0) is 106 Å². The Bertz CT molecular complexity index is 3190. The van der Waals surface area contributed by atoms with Crippen molar-refractivity contribution in [3.05, 3.63) is 206 Å². The summed E-state index contributed by atoms with van der Waals surface area (Å²) in [4.78, 5) is 2.42. The zero-order valence-electron chi connectivity index (χ0n) is 29.9. The SMILES string of the molecule is c1ccc(-c2cccc(N(c3ccc(-c4ccc5c(ccc6oc7ccccc7c65)c4)cc3)c3cccc4c3c3ccccc3n4-c3ccccc3)c2)cc1. The van der Waals surface area contributed by atoms with Gasteiger partial charge in [0.1, 0.15) is 11.2 Å². The minimum atomic E-state index is 0.920. The number of hydrogen-bond acceptors (Lipinski definition) is 2. The highest BCUT2D eigenvalue weighted by molar-refractivity contribution is 6.19. The van der Waals surface area contributed by atoms with Gasteiger partial charge in [0, 0.05) is 38.6 Å². The summed E-state index contributed by atoms with van der Waals surface area (Å²) in [5, 5.41) is 7.15. The maximum Gasteiger partial charge on any atom is 0.136 e. The van der Waals surface area contributed by atoms with Crippen LogP contribution >= 0.6 is 0 Å². The Kier molecular flexibility index (Phi) is 7.17. The van der Waals surface area contributed by atoms with Gasteiger partial charge >= 0.3 is 0 Å². The Morgan fingerprint density at radius 2 is 1.02 bits per heavy atom. The summed E-state index contributed by atoms with van der Waals surface area (Å²) >= 11 is 0. The van der Waals surface area contributed by atoms with Crippen LogP contribution < -0.4 is 4.90 Å². The van der Waals surface area contributed by atoms with Crippen LogP contribution in [0, 0.1) is 0 Å². The van der Waals surface area contributed by atoms with Crippen molar-refractivity contribution in [3.8, 4) is 27.9 Å². The van der Waals surface area contributed by atoms with Gasteiger partial charge in [-0.2, -0.15) is 0 Å². The summed E-state index contributed by atoms with van der Waals surface area (Å²) < 4.78 is 8.57. The van der Waals surface area contributed by atoms with Gasteiger partial charge < -0.3 is 13.9 Å². The van der Waals surface area contributed by atoms with Crippen LogP contribution in [0.5, 0.6) is 0 Å². The first kappa shape index (κ1) is 31.2. The topological polar surface area (TPSA) is 21.3 Å². The van der Waals surface area contributed by atoms with E-state index in [1.54, 1.807) is 0 Å². The molecule has 2 aromatic heterocycles. The molecule has 11 rings (SSSR count). The van der Waals surface area contributed by atoms with Crippen molar-refractivity contribution in [2.45, 2.75) is 0 Å². The van der Waals surface area contributed by atoms with Gasteiger partial charge in [0.15, 0.2) is 0 Å². The highest BCUT2D eigenvalue weighted by Gasteiger charge is 2.21. The second-order valence-electron chi connectivity index (χ2n) is 14.1. The molecular formula is C52H34N2O. The third kappa shape index (κ3) is 5.13. The standard InChI is InChI=1S/C52H34N2O/c1-3-13-35(14-4-1)37-15-11-18-42(34-37)53(47-22-12-23-48-52(47)44-19-7-9-21-46(44)54(48)40-16-5-2-6-17-40)41-29-25-36(26-30-41)38-27-31-43-39(33-38)28-32-50-51(43)45-20-8-10-24-49(45)55-50/h1-34H. The number of aromatic nitrogens is 1. The molecule has 3 nitrogen and oxygen atoms in total. The fourth-order valence-corrected chi connectivity index (χ4v) is 8.46. The highest BCUT2D eigenvalue weighted by Crippen LogP contribution is 2.45. The summed E-state index contributed by atoms with van der Waals surface area (Å²) in [6.07, 6.45) is 0. The van der Waals surface area contributed by atoms with Gasteiger partial charge in [0.05, 0.1) is 16.7 Å². The molecule has 258 valence electrons. The van der Waals surface area contributed by atoms with Crippen molar-refractivity contribution in [1.82, 2.24) is 4.57 Å². The predicted octanol–water partition coefficient (Wildman–Crippen LogP) is 14.6. The first-order valence-corrected chi connectivity index (χ1v) is 18.8. The number of nitrogens with zero attached hydrogens (tertiary/aromatic N) is 2. The van der Waals surface area contributed by atoms with Crippen molar-refractivity contribution in [2.24, 2.45) is 0 Å². The third-order valence-electron chi connectivity index (χ3n) is 11.0. The van der Waals surface area contributed by atoms with E-state index in [1.807, 2.05) is 12.1 Å². The van der Waals surface area contributed by atoms with E-state index in [-0.39, 0.29) is 0 Å². The molecule has 0 N–H and O–H groups in total. The average molecular weight is 703 g/mol. The number of furan rings is 1.